The first-order valence-electron chi connectivity index (χ1n) is 9.98. The van der Waals surface area contributed by atoms with Crippen molar-refractivity contribution < 1.29 is 13.9 Å². The third kappa shape index (κ3) is 6.95. The number of rotatable bonds is 9. The van der Waals surface area contributed by atoms with Crippen LogP contribution in [0.1, 0.15) is 31.2 Å². The lowest BCUT2D eigenvalue weighted by molar-refractivity contribution is -0.132. The van der Waals surface area contributed by atoms with Crippen LogP contribution in [0, 0.1) is 11.7 Å². The van der Waals surface area contributed by atoms with Crippen molar-refractivity contribution in [3.63, 3.8) is 0 Å². The Hall–Kier alpha value is -1.85. The van der Waals surface area contributed by atoms with E-state index in [2.05, 4.69) is 12.1 Å². The van der Waals surface area contributed by atoms with Crippen LogP contribution in [0.25, 0.3) is 0 Å². The molecule has 3 nitrogen and oxygen atoms in total. The number of carbonyl (C=O) groups is 1. The first kappa shape index (κ1) is 20.9. The van der Waals surface area contributed by atoms with Crippen LogP contribution < -0.4 is 0 Å². The lowest BCUT2D eigenvalue weighted by Gasteiger charge is -2.32. The van der Waals surface area contributed by atoms with Crippen molar-refractivity contribution in [2.24, 2.45) is 5.92 Å². The van der Waals surface area contributed by atoms with Gasteiger partial charge in [0.15, 0.2) is 0 Å². The number of piperidine rings is 1. The minimum Gasteiger partial charge on any atom is -0.376 e. The molecule has 0 N–H and O–H groups in total. The highest BCUT2D eigenvalue weighted by molar-refractivity contribution is 7.99. The summed E-state index contributed by atoms with van der Waals surface area (Å²) in [6, 6.07) is 16.7. The SMILES string of the molecule is O=C(CCCSc1ccc(F)cc1)N1CCC(COCc2ccccc2)CC1. The molecular weight excluding hydrogens is 373 g/mol. The number of hydrogen-bond acceptors (Lipinski definition) is 3. The number of ether oxygens (including phenoxy) is 1. The number of thioether (sulfide) groups is 1. The van der Waals surface area contributed by atoms with Crippen LogP contribution in [-0.2, 0) is 16.1 Å². The molecule has 0 spiro atoms. The molecule has 1 aliphatic rings. The van der Waals surface area contributed by atoms with Gasteiger partial charge in [-0.1, -0.05) is 30.3 Å². The highest BCUT2D eigenvalue weighted by Gasteiger charge is 2.22. The molecule has 150 valence electrons. The maximum atomic E-state index is 12.9. The standard InChI is InChI=1S/C23H28FNO2S/c24-21-8-10-22(11-9-21)28-16-4-7-23(26)25-14-12-20(13-15-25)18-27-17-19-5-2-1-3-6-19/h1-3,5-6,8-11,20H,4,7,12-18H2. The number of hydrogen-bond donors (Lipinski definition) is 0. The van der Waals surface area contributed by atoms with E-state index in [0.717, 1.165) is 49.6 Å². The van der Waals surface area contributed by atoms with Gasteiger partial charge in [-0.2, -0.15) is 0 Å². The molecule has 0 unspecified atom stereocenters. The van der Waals surface area contributed by atoms with Crippen molar-refractivity contribution in [3.05, 3.63) is 66.0 Å². The number of carbonyl (C=O) groups excluding carboxylic acids is 1. The molecule has 0 atom stereocenters. The van der Waals surface area contributed by atoms with Gasteiger partial charge >= 0.3 is 0 Å². The molecular formula is C23H28FNO2S. The summed E-state index contributed by atoms with van der Waals surface area (Å²) in [6.45, 7) is 3.10. The molecule has 2 aromatic rings. The van der Waals surface area contributed by atoms with Gasteiger partial charge in [0, 0.05) is 31.0 Å². The van der Waals surface area contributed by atoms with E-state index in [9.17, 15) is 9.18 Å². The Morgan fingerprint density at radius 2 is 1.79 bits per heavy atom. The summed E-state index contributed by atoms with van der Waals surface area (Å²) < 4.78 is 18.7. The molecule has 1 amide bonds. The monoisotopic (exact) mass is 401 g/mol. The van der Waals surface area contributed by atoms with Gasteiger partial charge in [-0.15, -0.1) is 11.8 Å². The molecule has 1 heterocycles. The Labute approximate surface area is 171 Å². The Morgan fingerprint density at radius 1 is 1.07 bits per heavy atom. The molecule has 28 heavy (non-hydrogen) atoms. The molecule has 0 bridgehead atoms. The second-order valence-electron chi connectivity index (χ2n) is 7.23. The van der Waals surface area contributed by atoms with E-state index < -0.39 is 0 Å². The maximum absolute atomic E-state index is 12.9. The first-order valence-corrected chi connectivity index (χ1v) is 11.0. The van der Waals surface area contributed by atoms with E-state index in [1.54, 1.807) is 23.9 Å². The average Bonchev–Trinajstić information content (AvgIpc) is 2.73. The predicted octanol–water partition coefficient (Wildman–Crippen LogP) is 5.15. The highest BCUT2D eigenvalue weighted by atomic mass is 32.2. The summed E-state index contributed by atoms with van der Waals surface area (Å²) in [7, 11) is 0. The van der Waals surface area contributed by atoms with Crippen molar-refractivity contribution in [3.8, 4) is 0 Å². The lowest BCUT2D eigenvalue weighted by Crippen LogP contribution is -2.39. The molecule has 0 radical (unpaired) electrons. The third-order valence-corrected chi connectivity index (χ3v) is 6.15. The number of nitrogens with zero attached hydrogens (tertiary/aromatic N) is 1. The van der Waals surface area contributed by atoms with Gasteiger partial charge in [-0.25, -0.2) is 4.39 Å². The molecule has 1 aliphatic heterocycles. The minimum absolute atomic E-state index is 0.214. The zero-order valence-electron chi connectivity index (χ0n) is 16.2. The highest BCUT2D eigenvalue weighted by Crippen LogP contribution is 2.21. The van der Waals surface area contributed by atoms with E-state index in [1.165, 1.54) is 17.7 Å². The molecule has 0 aromatic heterocycles. The number of halogens is 1. The lowest BCUT2D eigenvalue weighted by atomic mass is 9.97. The van der Waals surface area contributed by atoms with Crippen molar-refractivity contribution in [2.45, 2.75) is 37.2 Å². The summed E-state index contributed by atoms with van der Waals surface area (Å²) in [4.78, 5) is 15.4. The molecule has 1 fully saturated rings. The molecule has 0 aliphatic carbocycles. The topological polar surface area (TPSA) is 29.5 Å². The van der Waals surface area contributed by atoms with E-state index in [-0.39, 0.29) is 11.7 Å². The van der Waals surface area contributed by atoms with Crippen LogP contribution in [0.15, 0.2) is 59.5 Å². The summed E-state index contributed by atoms with van der Waals surface area (Å²) >= 11 is 1.67. The first-order chi connectivity index (χ1) is 13.7. The quantitative estimate of drug-likeness (QED) is 0.430. The smallest absolute Gasteiger partial charge is 0.222 e. The summed E-state index contributed by atoms with van der Waals surface area (Å²) in [5.41, 5.74) is 1.20. The van der Waals surface area contributed by atoms with Gasteiger partial charge in [-0.3, -0.25) is 4.79 Å². The Morgan fingerprint density at radius 3 is 2.50 bits per heavy atom. The normalized spacial score (nSPS) is 15.0. The Kier molecular flexibility index (Phi) is 8.37. The Bertz CT molecular complexity index is 715. The van der Waals surface area contributed by atoms with Gasteiger partial charge in [0.25, 0.3) is 0 Å². The summed E-state index contributed by atoms with van der Waals surface area (Å²) in [5, 5.41) is 0. The largest absolute Gasteiger partial charge is 0.376 e. The third-order valence-electron chi connectivity index (χ3n) is 5.05. The average molecular weight is 402 g/mol. The minimum atomic E-state index is -0.214. The molecule has 2 aromatic carbocycles. The van der Waals surface area contributed by atoms with E-state index >= 15 is 0 Å². The molecule has 1 saturated heterocycles. The summed E-state index contributed by atoms with van der Waals surface area (Å²) in [5.74, 6) is 1.46. The zero-order valence-corrected chi connectivity index (χ0v) is 17.0. The maximum Gasteiger partial charge on any atom is 0.222 e. The fraction of sp³-hybridized carbons (Fsp3) is 0.435. The van der Waals surface area contributed by atoms with E-state index in [0.29, 0.717) is 18.9 Å². The predicted molar refractivity (Wildman–Crippen MR) is 112 cm³/mol. The van der Waals surface area contributed by atoms with Crippen LogP contribution in [0.3, 0.4) is 0 Å². The number of amides is 1. The molecule has 3 rings (SSSR count). The van der Waals surface area contributed by atoms with Crippen LogP contribution in [0.5, 0.6) is 0 Å². The van der Waals surface area contributed by atoms with Crippen LogP contribution in [0.2, 0.25) is 0 Å². The number of likely N-dealkylation sites (tertiary alicyclic amines) is 1. The second kappa shape index (κ2) is 11.2. The van der Waals surface area contributed by atoms with Crippen LogP contribution in [-0.4, -0.2) is 36.3 Å². The van der Waals surface area contributed by atoms with Gasteiger partial charge in [0.05, 0.1) is 6.61 Å². The zero-order chi connectivity index (χ0) is 19.6. The fourth-order valence-corrected chi connectivity index (χ4v) is 4.22. The fourth-order valence-electron chi connectivity index (χ4n) is 3.37. The molecule has 0 saturated carbocycles. The van der Waals surface area contributed by atoms with Crippen molar-refractivity contribution in [2.75, 3.05) is 25.4 Å². The van der Waals surface area contributed by atoms with Crippen molar-refractivity contribution >= 4 is 17.7 Å². The van der Waals surface area contributed by atoms with Gasteiger partial charge in [0.1, 0.15) is 5.82 Å². The summed E-state index contributed by atoms with van der Waals surface area (Å²) in [6.07, 6.45) is 3.47. The van der Waals surface area contributed by atoms with E-state index in [4.69, 9.17) is 4.74 Å². The van der Waals surface area contributed by atoms with Crippen LogP contribution >= 0.6 is 11.8 Å². The second-order valence-corrected chi connectivity index (χ2v) is 8.40. The van der Waals surface area contributed by atoms with Gasteiger partial charge in [0.2, 0.25) is 5.91 Å². The van der Waals surface area contributed by atoms with Crippen LogP contribution in [0.4, 0.5) is 4.39 Å². The Balaban J connectivity index is 1.26. The van der Waals surface area contributed by atoms with E-state index in [1.807, 2.05) is 23.1 Å². The van der Waals surface area contributed by atoms with Gasteiger partial charge in [-0.05, 0) is 60.8 Å². The number of benzene rings is 2. The van der Waals surface area contributed by atoms with Crippen molar-refractivity contribution in [1.29, 1.82) is 0 Å². The van der Waals surface area contributed by atoms with Crippen molar-refractivity contribution in [1.82, 2.24) is 4.90 Å². The molecule has 5 heteroatoms. The van der Waals surface area contributed by atoms with Gasteiger partial charge < -0.3 is 9.64 Å².